The molecule has 2 aliphatic heterocycles. The highest BCUT2D eigenvalue weighted by molar-refractivity contribution is 5.69. The Morgan fingerprint density at radius 1 is 1.00 bits per heavy atom. The molecule has 2 unspecified atom stereocenters. The minimum absolute atomic E-state index is 0.0458. The summed E-state index contributed by atoms with van der Waals surface area (Å²) in [5.41, 5.74) is 0. The number of rotatable bonds is 19. The predicted octanol–water partition coefficient (Wildman–Crippen LogP) is 7.05. The van der Waals surface area contributed by atoms with Gasteiger partial charge in [0.15, 0.2) is 12.6 Å². The fourth-order valence-corrected chi connectivity index (χ4v) is 6.40. The normalized spacial score (nSPS) is 30.0. The zero-order valence-electron chi connectivity index (χ0n) is 26.3. The van der Waals surface area contributed by atoms with Crippen molar-refractivity contribution in [2.45, 2.75) is 141 Å². The van der Waals surface area contributed by atoms with Crippen LogP contribution in [-0.2, 0) is 38.0 Å². The first-order valence-corrected chi connectivity index (χ1v) is 16.6. The summed E-state index contributed by atoms with van der Waals surface area (Å²) in [7, 11) is 1.42. The minimum atomic E-state index is -0.241. The summed E-state index contributed by atoms with van der Waals surface area (Å²) in [6.45, 7) is 6.59. The van der Waals surface area contributed by atoms with Crippen molar-refractivity contribution in [3.63, 3.8) is 0 Å². The lowest BCUT2D eigenvalue weighted by atomic mass is 9.88. The summed E-state index contributed by atoms with van der Waals surface area (Å²) in [5, 5.41) is 0. The van der Waals surface area contributed by atoms with E-state index in [4.69, 9.17) is 28.4 Å². The molecule has 0 spiro atoms. The van der Waals surface area contributed by atoms with Crippen LogP contribution in [0.3, 0.4) is 0 Å². The van der Waals surface area contributed by atoms with Crippen molar-refractivity contribution >= 4 is 12.4 Å². The summed E-state index contributed by atoms with van der Waals surface area (Å²) >= 11 is 0. The van der Waals surface area contributed by atoms with E-state index in [0.717, 1.165) is 77.4 Å². The molecule has 8 heteroatoms. The number of ether oxygens (including phenoxy) is 6. The van der Waals surface area contributed by atoms with Gasteiger partial charge < -0.3 is 28.4 Å². The zero-order chi connectivity index (χ0) is 30.0. The van der Waals surface area contributed by atoms with E-state index in [1.165, 1.54) is 26.4 Å². The second-order valence-electron chi connectivity index (χ2n) is 12.2. The highest BCUT2D eigenvalue weighted by Crippen LogP contribution is 2.41. The van der Waals surface area contributed by atoms with Crippen molar-refractivity contribution in [1.82, 2.24) is 0 Å². The van der Waals surface area contributed by atoms with E-state index in [0.29, 0.717) is 25.2 Å². The van der Waals surface area contributed by atoms with Gasteiger partial charge in [-0.05, 0) is 70.1 Å². The third-order valence-electron chi connectivity index (χ3n) is 8.81. The Bertz CT molecular complexity index is 801. The monoisotopic (exact) mass is 592 g/mol. The molecule has 8 atom stereocenters. The largest absolute Gasteiger partial charge is 0.469 e. The van der Waals surface area contributed by atoms with Crippen LogP contribution in [0.15, 0.2) is 24.3 Å². The summed E-state index contributed by atoms with van der Waals surface area (Å²) in [6.07, 6.45) is 22.0. The quantitative estimate of drug-likeness (QED) is 0.0682. The van der Waals surface area contributed by atoms with Crippen molar-refractivity contribution in [2.24, 2.45) is 17.8 Å². The summed E-state index contributed by atoms with van der Waals surface area (Å²) < 4.78 is 35.4. The molecule has 1 aliphatic carbocycles. The SMILES string of the molecule is CCCC[C@H](C)C[C@H](C=C[C@@H]1[C@@H](CC=CCCCC(=O)OC)[C@H](OC=O)C[C@H]1OC1CCCCO1)OC1CCCCO1. The van der Waals surface area contributed by atoms with Crippen LogP contribution in [0.2, 0.25) is 0 Å². The molecule has 0 aromatic rings. The van der Waals surface area contributed by atoms with Crippen molar-refractivity contribution in [2.75, 3.05) is 20.3 Å². The fourth-order valence-electron chi connectivity index (χ4n) is 6.40. The number of hydrogen-bond acceptors (Lipinski definition) is 8. The third-order valence-corrected chi connectivity index (χ3v) is 8.81. The van der Waals surface area contributed by atoms with E-state index < -0.39 is 0 Å². The first kappa shape index (κ1) is 34.7. The van der Waals surface area contributed by atoms with E-state index in [1.54, 1.807) is 0 Å². The van der Waals surface area contributed by atoms with Gasteiger partial charge in [0.2, 0.25) is 0 Å². The fraction of sp³-hybridized carbons (Fsp3) is 0.824. The van der Waals surface area contributed by atoms with Gasteiger partial charge in [0, 0.05) is 37.9 Å². The molecule has 0 radical (unpaired) electrons. The number of esters is 1. The lowest BCUT2D eigenvalue weighted by Crippen LogP contribution is -2.31. The average Bonchev–Trinajstić information content (AvgIpc) is 3.32. The van der Waals surface area contributed by atoms with Crippen LogP contribution in [0, 0.1) is 17.8 Å². The Kier molecular flexibility index (Phi) is 16.8. The van der Waals surface area contributed by atoms with E-state index in [9.17, 15) is 9.59 Å². The van der Waals surface area contributed by atoms with E-state index in [1.807, 2.05) is 0 Å². The number of hydrogen-bond donors (Lipinski definition) is 0. The maximum atomic E-state index is 11.5. The Hall–Kier alpha value is -1.74. The molecule has 0 aromatic heterocycles. The van der Waals surface area contributed by atoms with Crippen LogP contribution in [0.4, 0.5) is 0 Å². The maximum absolute atomic E-state index is 11.5. The van der Waals surface area contributed by atoms with Crippen molar-refractivity contribution in [3.8, 4) is 0 Å². The molecule has 2 heterocycles. The van der Waals surface area contributed by atoms with Crippen LogP contribution >= 0.6 is 0 Å². The molecule has 0 amide bonds. The molecule has 2 saturated heterocycles. The van der Waals surface area contributed by atoms with Crippen LogP contribution in [0.25, 0.3) is 0 Å². The van der Waals surface area contributed by atoms with Crippen molar-refractivity contribution in [3.05, 3.63) is 24.3 Å². The van der Waals surface area contributed by atoms with Gasteiger partial charge in [-0.2, -0.15) is 0 Å². The molecular formula is C34H56O8. The van der Waals surface area contributed by atoms with Crippen LogP contribution in [0.1, 0.15) is 110 Å². The number of carbonyl (C=O) groups is 2. The molecule has 8 nitrogen and oxygen atoms in total. The Balaban J connectivity index is 1.75. The standard InChI is InChI=1S/C34H56O8/c1-4-5-14-26(2)23-27(41-33-17-10-12-21-38-33)19-20-29-28(15-8-6-7-9-16-32(36)37-3)30(40-25-35)24-31(29)42-34-18-11-13-22-39-34/h6,8,19-20,25-31,33-34H,4-5,7,9-18,21-24H2,1-3H3/t26-,27-,28+,29+,30+,31+,33?,34?/m0/s1. The molecule has 3 rings (SSSR count). The number of unbranched alkanes of at least 4 members (excludes halogenated alkanes) is 2. The second kappa shape index (κ2) is 20.3. The Morgan fingerprint density at radius 2 is 1.76 bits per heavy atom. The Morgan fingerprint density at radius 3 is 2.43 bits per heavy atom. The molecule has 1 saturated carbocycles. The molecular weight excluding hydrogens is 536 g/mol. The molecule has 0 N–H and O–H groups in total. The number of methoxy groups -OCH3 is 1. The summed E-state index contributed by atoms with van der Waals surface area (Å²) in [6, 6.07) is 0. The van der Waals surface area contributed by atoms with Gasteiger partial charge in [-0.1, -0.05) is 57.4 Å². The summed E-state index contributed by atoms with van der Waals surface area (Å²) in [5.74, 6) is 0.475. The molecule has 0 bridgehead atoms. The molecule has 240 valence electrons. The van der Waals surface area contributed by atoms with Gasteiger partial charge in [0.25, 0.3) is 6.47 Å². The number of carbonyl (C=O) groups excluding carboxylic acids is 2. The van der Waals surface area contributed by atoms with Crippen LogP contribution in [0.5, 0.6) is 0 Å². The zero-order valence-corrected chi connectivity index (χ0v) is 26.3. The lowest BCUT2D eigenvalue weighted by molar-refractivity contribution is -0.193. The molecule has 42 heavy (non-hydrogen) atoms. The second-order valence-corrected chi connectivity index (χ2v) is 12.2. The molecule has 0 aromatic carbocycles. The van der Waals surface area contributed by atoms with Crippen LogP contribution in [-0.4, -0.2) is 63.7 Å². The molecule has 3 aliphatic rings. The first-order chi connectivity index (χ1) is 20.5. The van der Waals surface area contributed by atoms with Gasteiger partial charge in [0.05, 0.1) is 19.3 Å². The van der Waals surface area contributed by atoms with Crippen molar-refractivity contribution in [1.29, 1.82) is 0 Å². The van der Waals surface area contributed by atoms with Gasteiger partial charge in [-0.3, -0.25) is 9.59 Å². The summed E-state index contributed by atoms with van der Waals surface area (Å²) in [4.78, 5) is 22.9. The smallest absolute Gasteiger partial charge is 0.305 e. The van der Waals surface area contributed by atoms with Gasteiger partial charge in [-0.15, -0.1) is 0 Å². The van der Waals surface area contributed by atoms with Gasteiger partial charge >= 0.3 is 5.97 Å². The van der Waals surface area contributed by atoms with Gasteiger partial charge in [-0.25, -0.2) is 0 Å². The predicted molar refractivity (Wildman–Crippen MR) is 162 cm³/mol. The van der Waals surface area contributed by atoms with E-state index in [2.05, 4.69) is 38.2 Å². The first-order valence-electron chi connectivity index (χ1n) is 16.6. The molecule has 3 fully saturated rings. The third kappa shape index (κ3) is 12.5. The van der Waals surface area contributed by atoms with E-state index in [-0.39, 0.29) is 48.7 Å². The maximum Gasteiger partial charge on any atom is 0.305 e. The van der Waals surface area contributed by atoms with E-state index >= 15 is 0 Å². The van der Waals surface area contributed by atoms with Crippen LogP contribution < -0.4 is 0 Å². The van der Waals surface area contributed by atoms with Gasteiger partial charge in [0.1, 0.15) is 6.10 Å². The highest BCUT2D eigenvalue weighted by Gasteiger charge is 2.44. The minimum Gasteiger partial charge on any atom is -0.469 e. The van der Waals surface area contributed by atoms with Crippen molar-refractivity contribution < 1.29 is 38.0 Å². The average molecular weight is 593 g/mol. The topological polar surface area (TPSA) is 89.5 Å². The Labute approximate surface area is 253 Å². The number of allylic oxidation sites excluding steroid dienone is 2. The lowest BCUT2D eigenvalue weighted by Gasteiger charge is -2.30. The highest BCUT2D eigenvalue weighted by atomic mass is 16.7.